The summed E-state index contributed by atoms with van der Waals surface area (Å²) >= 11 is 0. The first-order valence-corrected chi connectivity index (χ1v) is 10.8. The van der Waals surface area contributed by atoms with Crippen molar-refractivity contribution in [3.63, 3.8) is 0 Å². The van der Waals surface area contributed by atoms with Crippen molar-refractivity contribution in [2.45, 2.75) is 39.8 Å². The lowest BCUT2D eigenvalue weighted by Crippen LogP contribution is -2.37. The monoisotopic (exact) mass is 420 g/mol. The van der Waals surface area contributed by atoms with Gasteiger partial charge in [-0.25, -0.2) is 0 Å². The van der Waals surface area contributed by atoms with Crippen LogP contribution in [0.4, 0.5) is 5.69 Å². The number of hydrogen-bond acceptors (Lipinski definition) is 6. The molecule has 9 heteroatoms. The van der Waals surface area contributed by atoms with Crippen molar-refractivity contribution in [2.75, 3.05) is 5.75 Å². The molecular formula is C20H24N2O6S. The van der Waals surface area contributed by atoms with Gasteiger partial charge >= 0.3 is 10.1 Å². The minimum atomic E-state index is -3.60. The van der Waals surface area contributed by atoms with Crippen molar-refractivity contribution in [2.24, 2.45) is 0 Å². The number of amides is 1. The van der Waals surface area contributed by atoms with E-state index in [0.29, 0.717) is 12.1 Å². The Labute approximate surface area is 170 Å². The Kier molecular flexibility index (Phi) is 7.33. The lowest BCUT2D eigenvalue weighted by Gasteiger charge is -2.29. The van der Waals surface area contributed by atoms with E-state index in [1.54, 1.807) is 29.2 Å². The minimum Gasteiger partial charge on any atom is -0.382 e. The van der Waals surface area contributed by atoms with Crippen LogP contribution in [0.25, 0.3) is 0 Å². The molecule has 2 aromatic rings. The van der Waals surface area contributed by atoms with E-state index in [4.69, 9.17) is 4.18 Å². The smallest absolute Gasteiger partial charge is 0.308 e. The second-order valence-electron chi connectivity index (χ2n) is 6.57. The molecule has 0 aliphatic rings. The maximum Gasteiger partial charge on any atom is 0.308 e. The number of nitro benzene ring substituents is 1. The predicted molar refractivity (Wildman–Crippen MR) is 109 cm³/mol. The molecule has 0 spiro atoms. The molecule has 1 unspecified atom stereocenters. The fourth-order valence-electron chi connectivity index (χ4n) is 2.59. The SMILES string of the molecule is CCC(C)N(Cc1ccc(OS(=O)(=O)CC)cc1)C(=O)c1ccc([N+](=O)[O-])cc1. The van der Waals surface area contributed by atoms with Crippen LogP contribution in [-0.4, -0.2) is 35.9 Å². The number of nitrogens with zero attached hydrogens (tertiary/aromatic N) is 2. The fourth-order valence-corrected chi connectivity index (χ4v) is 3.11. The van der Waals surface area contributed by atoms with E-state index in [9.17, 15) is 23.3 Å². The van der Waals surface area contributed by atoms with Crippen LogP contribution in [0.3, 0.4) is 0 Å². The van der Waals surface area contributed by atoms with Crippen molar-refractivity contribution < 1.29 is 22.3 Å². The molecule has 29 heavy (non-hydrogen) atoms. The average molecular weight is 420 g/mol. The predicted octanol–water partition coefficient (Wildman–Crippen LogP) is 3.76. The molecule has 0 aromatic heterocycles. The van der Waals surface area contributed by atoms with E-state index in [2.05, 4.69) is 0 Å². The molecule has 0 bridgehead atoms. The van der Waals surface area contributed by atoms with Crippen LogP contribution in [0.15, 0.2) is 48.5 Å². The molecule has 0 heterocycles. The number of carbonyl (C=O) groups is 1. The van der Waals surface area contributed by atoms with Gasteiger partial charge in [-0.15, -0.1) is 0 Å². The Balaban J connectivity index is 2.20. The Morgan fingerprint density at radius 2 is 1.69 bits per heavy atom. The molecule has 0 radical (unpaired) electrons. The molecule has 2 aromatic carbocycles. The van der Waals surface area contributed by atoms with Crippen molar-refractivity contribution in [3.8, 4) is 5.75 Å². The first kappa shape index (κ1) is 22.4. The van der Waals surface area contributed by atoms with E-state index in [0.717, 1.165) is 12.0 Å². The molecule has 0 aliphatic heterocycles. The summed E-state index contributed by atoms with van der Waals surface area (Å²) in [4.78, 5) is 25.0. The molecule has 0 aliphatic carbocycles. The highest BCUT2D eigenvalue weighted by Gasteiger charge is 2.21. The minimum absolute atomic E-state index is 0.0610. The van der Waals surface area contributed by atoms with Gasteiger partial charge in [0.1, 0.15) is 5.75 Å². The van der Waals surface area contributed by atoms with Gasteiger partial charge in [0, 0.05) is 30.3 Å². The molecule has 1 amide bonds. The van der Waals surface area contributed by atoms with Crippen molar-refractivity contribution in [1.82, 2.24) is 4.90 Å². The number of rotatable bonds is 9. The summed E-state index contributed by atoms with van der Waals surface area (Å²) < 4.78 is 28.1. The van der Waals surface area contributed by atoms with Gasteiger partial charge in [-0.2, -0.15) is 8.42 Å². The van der Waals surface area contributed by atoms with Crippen LogP contribution in [0, 0.1) is 10.1 Å². The first-order chi connectivity index (χ1) is 13.7. The third-order valence-corrected chi connectivity index (χ3v) is 5.72. The Morgan fingerprint density at radius 3 is 2.17 bits per heavy atom. The lowest BCUT2D eigenvalue weighted by atomic mass is 10.1. The van der Waals surface area contributed by atoms with Gasteiger partial charge in [0.25, 0.3) is 11.6 Å². The molecule has 8 nitrogen and oxygen atoms in total. The summed E-state index contributed by atoms with van der Waals surface area (Å²) in [5.41, 5.74) is 1.10. The van der Waals surface area contributed by atoms with Crippen molar-refractivity contribution in [3.05, 3.63) is 69.8 Å². The average Bonchev–Trinajstić information content (AvgIpc) is 2.72. The Hall–Kier alpha value is -2.94. The topological polar surface area (TPSA) is 107 Å². The van der Waals surface area contributed by atoms with Gasteiger partial charge in [-0.05, 0) is 50.1 Å². The van der Waals surface area contributed by atoms with Gasteiger partial charge < -0.3 is 9.08 Å². The molecule has 0 saturated heterocycles. The van der Waals surface area contributed by atoms with Gasteiger partial charge in [-0.3, -0.25) is 14.9 Å². The summed E-state index contributed by atoms with van der Waals surface area (Å²) in [5, 5.41) is 10.8. The zero-order chi connectivity index (χ0) is 21.6. The van der Waals surface area contributed by atoms with Crippen LogP contribution in [-0.2, 0) is 16.7 Å². The molecule has 156 valence electrons. The van der Waals surface area contributed by atoms with Crippen LogP contribution < -0.4 is 4.18 Å². The van der Waals surface area contributed by atoms with Crippen LogP contribution in [0.5, 0.6) is 5.75 Å². The number of non-ortho nitro benzene ring substituents is 1. The summed E-state index contributed by atoms with van der Waals surface area (Å²) in [6.07, 6.45) is 0.731. The highest BCUT2D eigenvalue weighted by Crippen LogP contribution is 2.20. The highest BCUT2D eigenvalue weighted by atomic mass is 32.2. The van der Waals surface area contributed by atoms with Crippen LogP contribution in [0.2, 0.25) is 0 Å². The Morgan fingerprint density at radius 1 is 1.10 bits per heavy atom. The molecule has 0 N–H and O–H groups in total. The first-order valence-electron chi connectivity index (χ1n) is 9.23. The maximum atomic E-state index is 13.0. The molecule has 2 rings (SSSR count). The summed E-state index contributed by atoms with van der Waals surface area (Å²) in [6.45, 7) is 5.70. The second kappa shape index (κ2) is 9.51. The third kappa shape index (κ3) is 6.02. The third-order valence-electron chi connectivity index (χ3n) is 4.56. The van der Waals surface area contributed by atoms with E-state index in [1.807, 2.05) is 13.8 Å². The van der Waals surface area contributed by atoms with Crippen molar-refractivity contribution in [1.29, 1.82) is 0 Å². The van der Waals surface area contributed by atoms with Crippen molar-refractivity contribution >= 4 is 21.7 Å². The normalized spacial score (nSPS) is 12.2. The molecule has 0 saturated carbocycles. The molecule has 0 fully saturated rings. The Bertz CT molecular complexity index is 955. The summed E-state index contributed by atoms with van der Waals surface area (Å²) in [7, 11) is -3.60. The van der Waals surface area contributed by atoms with Crippen LogP contribution in [0.1, 0.15) is 43.1 Å². The van der Waals surface area contributed by atoms with E-state index in [-0.39, 0.29) is 29.1 Å². The molecular weight excluding hydrogens is 396 g/mol. The molecule has 1 atom stereocenters. The van der Waals surface area contributed by atoms with Gasteiger partial charge in [0.2, 0.25) is 0 Å². The van der Waals surface area contributed by atoms with E-state index in [1.165, 1.54) is 31.2 Å². The number of hydrogen-bond donors (Lipinski definition) is 0. The second-order valence-corrected chi connectivity index (χ2v) is 8.43. The van der Waals surface area contributed by atoms with Crippen LogP contribution >= 0.6 is 0 Å². The highest BCUT2D eigenvalue weighted by molar-refractivity contribution is 7.87. The lowest BCUT2D eigenvalue weighted by molar-refractivity contribution is -0.384. The standard InChI is InChI=1S/C20H24N2O6S/c1-4-15(3)21(20(23)17-8-10-18(11-9-17)22(24)25)14-16-6-12-19(13-7-16)28-29(26,27)5-2/h6-13,15H,4-5,14H2,1-3H3. The summed E-state index contributed by atoms with van der Waals surface area (Å²) in [5.74, 6) is -0.143. The zero-order valence-corrected chi connectivity index (χ0v) is 17.4. The van der Waals surface area contributed by atoms with Gasteiger partial charge in [-0.1, -0.05) is 19.1 Å². The quantitative estimate of drug-likeness (QED) is 0.347. The summed E-state index contributed by atoms with van der Waals surface area (Å²) in [6, 6.07) is 12.0. The van der Waals surface area contributed by atoms with E-state index < -0.39 is 15.0 Å². The number of benzene rings is 2. The number of nitro groups is 1. The number of carbonyl (C=O) groups excluding carboxylic acids is 1. The van der Waals surface area contributed by atoms with Gasteiger partial charge in [0.15, 0.2) is 0 Å². The van der Waals surface area contributed by atoms with E-state index >= 15 is 0 Å². The zero-order valence-electron chi connectivity index (χ0n) is 16.6. The van der Waals surface area contributed by atoms with Gasteiger partial charge in [0.05, 0.1) is 10.7 Å². The largest absolute Gasteiger partial charge is 0.382 e. The maximum absolute atomic E-state index is 13.0. The fraction of sp³-hybridized carbons (Fsp3) is 0.350.